The first-order valence-electron chi connectivity index (χ1n) is 15.6. The molecule has 9 heteroatoms. The zero-order valence-corrected chi connectivity index (χ0v) is 28.4. The Morgan fingerprint density at radius 1 is 0.571 bits per heavy atom. The molecular formula is C40H41NO8. The molecule has 254 valence electrons. The molecule has 0 bridgehead atoms. The largest absolute Gasteiger partial charge is 0.460 e. The summed E-state index contributed by atoms with van der Waals surface area (Å²) < 4.78 is 15.9. The van der Waals surface area contributed by atoms with Gasteiger partial charge in [0.1, 0.15) is 18.1 Å². The number of ether oxygens (including phenoxy) is 3. The lowest BCUT2D eigenvalue weighted by Gasteiger charge is -2.23. The first-order chi connectivity index (χ1) is 23.2. The molecule has 0 saturated heterocycles. The number of benzene rings is 3. The molecule has 9 nitrogen and oxygen atoms in total. The predicted octanol–water partition coefficient (Wildman–Crippen LogP) is 7.47. The topological polar surface area (TPSA) is 116 Å². The molecule has 3 rings (SSSR count). The third-order valence-electron chi connectivity index (χ3n) is 7.21. The summed E-state index contributed by atoms with van der Waals surface area (Å²) in [6.45, 7) is 21.1. The van der Waals surface area contributed by atoms with E-state index in [1.54, 1.807) is 86.3 Å². The van der Waals surface area contributed by atoms with Crippen LogP contribution in [0.5, 0.6) is 11.5 Å². The first-order valence-corrected chi connectivity index (χ1v) is 15.6. The van der Waals surface area contributed by atoms with Crippen LogP contribution in [0.15, 0.2) is 115 Å². The van der Waals surface area contributed by atoms with E-state index in [2.05, 4.69) is 26.3 Å². The molecule has 0 radical (unpaired) electrons. The van der Waals surface area contributed by atoms with Crippen molar-refractivity contribution in [2.24, 2.45) is 0 Å². The van der Waals surface area contributed by atoms with E-state index in [4.69, 9.17) is 14.2 Å². The fourth-order valence-electron chi connectivity index (χ4n) is 4.42. The van der Waals surface area contributed by atoms with Crippen LogP contribution in [0.1, 0.15) is 50.9 Å². The highest BCUT2D eigenvalue weighted by Gasteiger charge is 2.20. The quantitative estimate of drug-likeness (QED) is 0.0881. The summed E-state index contributed by atoms with van der Waals surface area (Å²) in [4.78, 5) is 64.0. The second-order valence-electron chi connectivity index (χ2n) is 11.7. The standard InChI is InChI=1S/C40H41NO8/c1-25(2)36(42)10-9-19-41(20-21-47-38(44)26(3)4)37(43)33-23-31(29-11-15-34(16-12-29)48-39(45)27(5)6)22-32(24-33)30-13-17-35(18-14-30)49-40(46)28(7)8/h11-18,22-24H,1,3,5,7,9-10,19-21H2,2,4,6,8H3. The summed E-state index contributed by atoms with van der Waals surface area (Å²) >= 11 is 0. The molecule has 0 fully saturated rings. The van der Waals surface area contributed by atoms with E-state index in [0.717, 1.165) is 11.1 Å². The van der Waals surface area contributed by atoms with Gasteiger partial charge in [-0.25, -0.2) is 14.4 Å². The van der Waals surface area contributed by atoms with Crippen LogP contribution in [-0.4, -0.2) is 54.2 Å². The van der Waals surface area contributed by atoms with Gasteiger partial charge in [0.15, 0.2) is 5.78 Å². The average molecular weight is 664 g/mol. The first kappa shape index (κ1) is 37.6. The van der Waals surface area contributed by atoms with E-state index in [0.29, 0.717) is 40.2 Å². The molecule has 3 aromatic rings. The minimum absolute atomic E-state index is 0.0624. The van der Waals surface area contributed by atoms with E-state index >= 15 is 0 Å². The summed E-state index contributed by atoms with van der Waals surface area (Å²) in [6.07, 6.45) is 0.591. The highest BCUT2D eigenvalue weighted by atomic mass is 16.5. The van der Waals surface area contributed by atoms with Gasteiger partial charge in [-0.05, 0) is 104 Å². The second kappa shape index (κ2) is 17.4. The number of allylic oxidation sites excluding steroid dienone is 1. The number of rotatable bonds is 16. The van der Waals surface area contributed by atoms with Crippen LogP contribution in [0, 0.1) is 0 Å². The van der Waals surface area contributed by atoms with Crippen molar-refractivity contribution < 1.29 is 38.2 Å². The average Bonchev–Trinajstić information content (AvgIpc) is 3.07. The lowest BCUT2D eigenvalue weighted by Crippen LogP contribution is -2.35. The van der Waals surface area contributed by atoms with Crippen molar-refractivity contribution in [3.63, 3.8) is 0 Å². The molecule has 0 aliphatic rings. The number of amides is 1. The van der Waals surface area contributed by atoms with Gasteiger partial charge in [-0.3, -0.25) is 9.59 Å². The highest BCUT2D eigenvalue weighted by Crippen LogP contribution is 2.31. The maximum absolute atomic E-state index is 14.1. The molecule has 0 aliphatic carbocycles. The monoisotopic (exact) mass is 663 g/mol. The predicted molar refractivity (Wildman–Crippen MR) is 189 cm³/mol. The van der Waals surface area contributed by atoms with Crippen LogP contribution in [0.4, 0.5) is 0 Å². The van der Waals surface area contributed by atoms with Crippen molar-refractivity contribution in [1.29, 1.82) is 0 Å². The Balaban J connectivity index is 2.03. The summed E-state index contributed by atoms with van der Waals surface area (Å²) in [7, 11) is 0. The van der Waals surface area contributed by atoms with Gasteiger partial charge in [0.25, 0.3) is 5.91 Å². The van der Waals surface area contributed by atoms with Crippen molar-refractivity contribution in [1.82, 2.24) is 4.90 Å². The summed E-state index contributed by atoms with van der Waals surface area (Å²) in [5, 5.41) is 0. The summed E-state index contributed by atoms with van der Waals surface area (Å²) in [6, 6.07) is 19.1. The lowest BCUT2D eigenvalue weighted by molar-refractivity contribution is -0.139. The summed E-state index contributed by atoms with van der Waals surface area (Å²) in [5.74, 6) is -1.41. The van der Waals surface area contributed by atoms with Crippen molar-refractivity contribution in [3.8, 4) is 33.8 Å². The molecule has 3 aromatic carbocycles. The van der Waals surface area contributed by atoms with E-state index in [1.807, 2.05) is 6.07 Å². The Morgan fingerprint density at radius 2 is 1.02 bits per heavy atom. The molecule has 0 aliphatic heterocycles. The van der Waals surface area contributed by atoms with E-state index in [9.17, 15) is 24.0 Å². The fourth-order valence-corrected chi connectivity index (χ4v) is 4.42. The van der Waals surface area contributed by atoms with E-state index in [-0.39, 0.29) is 54.5 Å². The van der Waals surface area contributed by atoms with Crippen LogP contribution in [0.3, 0.4) is 0 Å². The number of Topliss-reactive ketones (excluding diaryl/α,β-unsaturated/α-hetero) is 1. The molecular weight excluding hydrogens is 622 g/mol. The Bertz CT molecular complexity index is 1680. The van der Waals surface area contributed by atoms with Gasteiger partial charge in [0.2, 0.25) is 0 Å². The molecule has 0 unspecified atom stereocenters. The number of carbonyl (C=O) groups excluding carboxylic acids is 5. The van der Waals surface area contributed by atoms with Gasteiger partial charge < -0.3 is 19.1 Å². The van der Waals surface area contributed by atoms with Crippen LogP contribution in [0.25, 0.3) is 22.3 Å². The van der Waals surface area contributed by atoms with Gasteiger partial charge in [-0.15, -0.1) is 0 Å². The Kier molecular flexibility index (Phi) is 13.3. The Morgan fingerprint density at radius 3 is 1.43 bits per heavy atom. The van der Waals surface area contributed by atoms with Crippen LogP contribution < -0.4 is 9.47 Å². The van der Waals surface area contributed by atoms with Crippen LogP contribution >= 0.6 is 0 Å². The number of hydrogen-bond donors (Lipinski definition) is 0. The van der Waals surface area contributed by atoms with Crippen molar-refractivity contribution in [2.75, 3.05) is 19.7 Å². The minimum atomic E-state index is -0.566. The SMILES string of the molecule is C=C(C)C(=O)CCCN(CCOC(=O)C(=C)C)C(=O)c1cc(-c2ccc(OC(=O)C(=C)C)cc2)cc(-c2ccc(OC(=O)C(=C)C)cc2)c1. The molecule has 0 aromatic heterocycles. The van der Waals surface area contributed by atoms with Gasteiger partial charge >= 0.3 is 17.9 Å². The molecule has 0 saturated carbocycles. The van der Waals surface area contributed by atoms with Gasteiger partial charge in [-0.2, -0.15) is 0 Å². The second-order valence-corrected chi connectivity index (χ2v) is 11.7. The molecule has 0 heterocycles. The third-order valence-corrected chi connectivity index (χ3v) is 7.21. The van der Waals surface area contributed by atoms with Gasteiger partial charge in [-0.1, -0.05) is 50.6 Å². The van der Waals surface area contributed by atoms with Crippen LogP contribution in [0.2, 0.25) is 0 Å². The molecule has 49 heavy (non-hydrogen) atoms. The molecule has 1 amide bonds. The highest BCUT2D eigenvalue weighted by molar-refractivity contribution is 5.98. The molecule has 0 atom stereocenters. The molecule has 0 N–H and O–H groups in total. The number of nitrogens with zero attached hydrogens (tertiary/aromatic N) is 1. The van der Waals surface area contributed by atoms with Crippen molar-refractivity contribution in [3.05, 3.63) is 121 Å². The van der Waals surface area contributed by atoms with Crippen molar-refractivity contribution >= 4 is 29.6 Å². The van der Waals surface area contributed by atoms with Crippen molar-refractivity contribution in [2.45, 2.75) is 40.5 Å². The maximum atomic E-state index is 14.1. The maximum Gasteiger partial charge on any atom is 0.338 e. The smallest absolute Gasteiger partial charge is 0.338 e. The molecule has 0 spiro atoms. The number of hydrogen-bond acceptors (Lipinski definition) is 8. The third kappa shape index (κ3) is 11.1. The fraction of sp³-hybridized carbons (Fsp3) is 0.225. The van der Waals surface area contributed by atoms with Crippen LogP contribution in [-0.2, 0) is 23.9 Å². The lowest BCUT2D eigenvalue weighted by atomic mass is 9.95. The van der Waals surface area contributed by atoms with E-state index < -0.39 is 17.9 Å². The Labute approximate surface area is 287 Å². The summed E-state index contributed by atoms with van der Waals surface area (Å²) in [5.41, 5.74) is 4.44. The Hall–Kier alpha value is -5.83. The number of esters is 3. The number of ketones is 1. The number of carbonyl (C=O) groups is 5. The zero-order valence-electron chi connectivity index (χ0n) is 28.4. The van der Waals surface area contributed by atoms with Gasteiger partial charge in [0.05, 0.1) is 6.54 Å². The van der Waals surface area contributed by atoms with E-state index in [1.165, 1.54) is 6.92 Å². The zero-order chi connectivity index (χ0) is 36.2. The van der Waals surface area contributed by atoms with Gasteiger partial charge in [0, 0.05) is 35.2 Å². The normalized spacial score (nSPS) is 10.4. The minimum Gasteiger partial charge on any atom is -0.460 e.